The molecule has 0 aliphatic rings. The molecular formula is C15H11FN4O. The first-order chi connectivity index (χ1) is 10.2. The molecule has 3 aromatic rings. The van der Waals surface area contributed by atoms with Crippen molar-refractivity contribution in [3.8, 4) is 0 Å². The van der Waals surface area contributed by atoms with Gasteiger partial charge in [-0.2, -0.15) is 0 Å². The predicted octanol–water partition coefficient (Wildman–Crippen LogP) is 2.52. The molecule has 5 nitrogen and oxygen atoms in total. The van der Waals surface area contributed by atoms with E-state index >= 15 is 0 Å². The van der Waals surface area contributed by atoms with E-state index in [1.54, 1.807) is 12.3 Å². The Balaban J connectivity index is 1.73. The zero-order valence-corrected chi connectivity index (χ0v) is 10.9. The molecule has 21 heavy (non-hydrogen) atoms. The van der Waals surface area contributed by atoms with Crippen LogP contribution in [0.3, 0.4) is 0 Å². The topological polar surface area (TPSA) is 59.3 Å². The van der Waals surface area contributed by atoms with E-state index in [0.717, 1.165) is 17.5 Å². The van der Waals surface area contributed by atoms with Gasteiger partial charge in [0.1, 0.15) is 17.3 Å². The molecule has 0 unspecified atom stereocenters. The first kappa shape index (κ1) is 13.0. The SMILES string of the molecule is O=C(/C=C/c1cnc2ccccn12)Nc1ccc(F)cn1. The van der Waals surface area contributed by atoms with Crippen LogP contribution in [0.25, 0.3) is 11.7 Å². The average Bonchev–Trinajstić information content (AvgIpc) is 2.91. The molecule has 0 aromatic carbocycles. The molecule has 6 heteroatoms. The van der Waals surface area contributed by atoms with Crippen LogP contribution in [0.4, 0.5) is 10.2 Å². The summed E-state index contributed by atoms with van der Waals surface area (Å²) in [5.74, 6) is -0.501. The Kier molecular flexibility index (Phi) is 3.42. The van der Waals surface area contributed by atoms with Crippen LogP contribution in [0, 0.1) is 5.82 Å². The quantitative estimate of drug-likeness (QED) is 0.751. The lowest BCUT2D eigenvalue weighted by molar-refractivity contribution is -0.111. The molecule has 1 N–H and O–H groups in total. The summed E-state index contributed by atoms with van der Waals surface area (Å²) in [6.45, 7) is 0. The molecule has 3 heterocycles. The van der Waals surface area contributed by atoms with Crippen molar-refractivity contribution >= 4 is 23.4 Å². The number of rotatable bonds is 3. The van der Waals surface area contributed by atoms with E-state index in [4.69, 9.17) is 0 Å². The van der Waals surface area contributed by atoms with E-state index in [1.807, 2.05) is 28.8 Å². The average molecular weight is 282 g/mol. The number of hydrogen-bond donors (Lipinski definition) is 1. The molecular weight excluding hydrogens is 271 g/mol. The van der Waals surface area contributed by atoms with Crippen molar-refractivity contribution in [2.75, 3.05) is 5.32 Å². The van der Waals surface area contributed by atoms with Crippen molar-refractivity contribution in [3.63, 3.8) is 0 Å². The number of aromatic nitrogens is 3. The molecule has 0 bridgehead atoms. The lowest BCUT2D eigenvalue weighted by Gasteiger charge is -2.00. The van der Waals surface area contributed by atoms with Crippen molar-refractivity contribution < 1.29 is 9.18 Å². The van der Waals surface area contributed by atoms with Gasteiger partial charge in [-0.25, -0.2) is 14.4 Å². The van der Waals surface area contributed by atoms with Gasteiger partial charge < -0.3 is 9.72 Å². The molecule has 0 saturated carbocycles. The van der Waals surface area contributed by atoms with Gasteiger partial charge in [-0.1, -0.05) is 6.07 Å². The Hall–Kier alpha value is -3.02. The largest absolute Gasteiger partial charge is 0.307 e. The normalized spacial score (nSPS) is 11.1. The van der Waals surface area contributed by atoms with Gasteiger partial charge in [0, 0.05) is 12.3 Å². The molecule has 0 fully saturated rings. The molecule has 1 amide bonds. The molecule has 0 atom stereocenters. The Morgan fingerprint density at radius 1 is 1.19 bits per heavy atom. The zero-order valence-electron chi connectivity index (χ0n) is 10.9. The number of halogens is 1. The second-order valence-corrected chi connectivity index (χ2v) is 4.30. The van der Waals surface area contributed by atoms with Crippen LogP contribution in [-0.4, -0.2) is 20.3 Å². The third-order valence-corrected chi connectivity index (χ3v) is 2.83. The number of carbonyl (C=O) groups is 1. The van der Waals surface area contributed by atoms with E-state index in [2.05, 4.69) is 15.3 Å². The summed E-state index contributed by atoms with van der Waals surface area (Å²) in [5.41, 5.74) is 1.59. The smallest absolute Gasteiger partial charge is 0.249 e. The van der Waals surface area contributed by atoms with Crippen LogP contribution < -0.4 is 5.32 Å². The Morgan fingerprint density at radius 2 is 2.10 bits per heavy atom. The van der Waals surface area contributed by atoms with Gasteiger partial charge in [-0.05, 0) is 30.3 Å². The van der Waals surface area contributed by atoms with E-state index in [9.17, 15) is 9.18 Å². The summed E-state index contributed by atoms with van der Waals surface area (Å²) >= 11 is 0. The van der Waals surface area contributed by atoms with Gasteiger partial charge in [0.05, 0.1) is 18.1 Å². The summed E-state index contributed by atoms with van der Waals surface area (Å²) in [4.78, 5) is 19.7. The van der Waals surface area contributed by atoms with Gasteiger partial charge in [-0.15, -0.1) is 0 Å². The molecule has 0 spiro atoms. The van der Waals surface area contributed by atoms with Crippen molar-refractivity contribution in [3.05, 3.63) is 66.5 Å². The number of fused-ring (bicyclic) bond motifs is 1. The van der Waals surface area contributed by atoms with Crippen LogP contribution in [0.1, 0.15) is 5.69 Å². The fourth-order valence-corrected chi connectivity index (χ4v) is 1.85. The standard InChI is InChI=1S/C15H11FN4O/c16-11-4-6-13(17-9-11)19-15(21)7-5-12-10-18-14-3-1-2-8-20(12)14/h1-10H,(H,17,19,21)/b7-5+. The molecule has 3 aromatic heterocycles. The summed E-state index contributed by atoms with van der Waals surface area (Å²) in [7, 11) is 0. The molecule has 3 rings (SSSR count). The number of pyridine rings is 2. The molecule has 0 aliphatic heterocycles. The van der Waals surface area contributed by atoms with Crippen LogP contribution in [-0.2, 0) is 4.79 Å². The number of anilines is 1. The van der Waals surface area contributed by atoms with E-state index < -0.39 is 5.82 Å². The number of imidazole rings is 1. The second kappa shape index (κ2) is 5.54. The Morgan fingerprint density at radius 3 is 2.90 bits per heavy atom. The van der Waals surface area contributed by atoms with E-state index in [1.165, 1.54) is 18.2 Å². The van der Waals surface area contributed by atoms with Gasteiger partial charge >= 0.3 is 0 Å². The molecule has 0 radical (unpaired) electrons. The Labute approximate surface area is 119 Å². The van der Waals surface area contributed by atoms with Gasteiger partial charge in [0.25, 0.3) is 0 Å². The number of amides is 1. The highest BCUT2D eigenvalue weighted by Gasteiger charge is 2.01. The minimum atomic E-state index is -0.450. The summed E-state index contributed by atoms with van der Waals surface area (Å²) in [6, 6.07) is 8.28. The molecule has 0 saturated heterocycles. The fourth-order valence-electron chi connectivity index (χ4n) is 1.85. The van der Waals surface area contributed by atoms with Gasteiger partial charge in [0.2, 0.25) is 5.91 Å². The second-order valence-electron chi connectivity index (χ2n) is 4.30. The minimum Gasteiger partial charge on any atom is -0.307 e. The van der Waals surface area contributed by atoms with Gasteiger partial charge in [0.15, 0.2) is 0 Å². The van der Waals surface area contributed by atoms with Gasteiger partial charge in [-0.3, -0.25) is 4.79 Å². The van der Waals surface area contributed by atoms with Crippen LogP contribution in [0.5, 0.6) is 0 Å². The van der Waals surface area contributed by atoms with Crippen molar-refractivity contribution in [1.82, 2.24) is 14.4 Å². The molecule has 0 aliphatic carbocycles. The number of hydrogen-bond acceptors (Lipinski definition) is 3. The zero-order chi connectivity index (χ0) is 14.7. The summed E-state index contributed by atoms with van der Waals surface area (Å²) in [6.07, 6.45) is 7.61. The number of carbonyl (C=O) groups excluding carboxylic acids is 1. The maximum absolute atomic E-state index is 12.7. The lowest BCUT2D eigenvalue weighted by atomic mass is 10.3. The third kappa shape index (κ3) is 2.94. The van der Waals surface area contributed by atoms with E-state index in [-0.39, 0.29) is 5.91 Å². The molecule has 104 valence electrons. The van der Waals surface area contributed by atoms with Crippen LogP contribution in [0.2, 0.25) is 0 Å². The predicted molar refractivity (Wildman–Crippen MR) is 77.1 cm³/mol. The highest BCUT2D eigenvalue weighted by Crippen LogP contribution is 2.08. The van der Waals surface area contributed by atoms with Crippen LogP contribution >= 0.6 is 0 Å². The minimum absolute atomic E-state index is 0.296. The van der Waals surface area contributed by atoms with Crippen molar-refractivity contribution in [2.24, 2.45) is 0 Å². The highest BCUT2D eigenvalue weighted by molar-refractivity contribution is 6.01. The first-order valence-corrected chi connectivity index (χ1v) is 6.25. The first-order valence-electron chi connectivity index (χ1n) is 6.25. The number of nitrogens with zero attached hydrogens (tertiary/aromatic N) is 3. The third-order valence-electron chi connectivity index (χ3n) is 2.83. The maximum atomic E-state index is 12.7. The monoisotopic (exact) mass is 282 g/mol. The maximum Gasteiger partial charge on any atom is 0.249 e. The fraction of sp³-hybridized carbons (Fsp3) is 0. The van der Waals surface area contributed by atoms with Crippen LogP contribution in [0.15, 0.2) is 55.0 Å². The summed E-state index contributed by atoms with van der Waals surface area (Å²) < 4.78 is 14.6. The van der Waals surface area contributed by atoms with E-state index in [0.29, 0.717) is 5.82 Å². The lowest BCUT2D eigenvalue weighted by Crippen LogP contribution is -2.09. The Bertz CT molecular complexity index is 808. The van der Waals surface area contributed by atoms with Crippen molar-refractivity contribution in [2.45, 2.75) is 0 Å². The number of nitrogens with one attached hydrogen (secondary N) is 1. The van der Waals surface area contributed by atoms with Crippen molar-refractivity contribution in [1.29, 1.82) is 0 Å². The summed E-state index contributed by atoms with van der Waals surface area (Å²) in [5, 5.41) is 2.55. The highest BCUT2D eigenvalue weighted by atomic mass is 19.1.